The zero-order valence-corrected chi connectivity index (χ0v) is 21.3. The summed E-state index contributed by atoms with van der Waals surface area (Å²) in [7, 11) is 0. The molecule has 0 aromatic heterocycles. The predicted molar refractivity (Wildman–Crippen MR) is 133 cm³/mol. The van der Waals surface area contributed by atoms with Gasteiger partial charge in [0.2, 0.25) is 0 Å². The molecular formula is C30H32F6O2. The smallest absolute Gasteiger partial charge is 0.194 e. The fraction of sp³-hybridized carbons (Fsp3) is 0.467. The highest BCUT2D eigenvalue weighted by molar-refractivity contribution is 5.63. The molecule has 0 atom stereocenters. The Hall–Kier alpha value is -2.58. The Labute approximate surface area is 219 Å². The van der Waals surface area contributed by atoms with E-state index in [1.807, 2.05) is 0 Å². The van der Waals surface area contributed by atoms with Crippen LogP contribution in [0.5, 0.6) is 0 Å². The molecule has 2 fully saturated rings. The molecule has 38 heavy (non-hydrogen) atoms. The Balaban J connectivity index is 1.25. The lowest BCUT2D eigenvalue weighted by atomic mass is 9.79. The first kappa shape index (κ1) is 28.4. The van der Waals surface area contributed by atoms with Crippen LogP contribution in [0.4, 0.5) is 26.3 Å². The van der Waals surface area contributed by atoms with Gasteiger partial charge >= 0.3 is 0 Å². The third kappa shape index (κ3) is 6.89. The lowest BCUT2D eigenvalue weighted by Gasteiger charge is -2.37. The summed E-state index contributed by atoms with van der Waals surface area (Å²) >= 11 is 0. The van der Waals surface area contributed by atoms with Crippen LogP contribution in [0.25, 0.3) is 5.83 Å². The average Bonchev–Trinajstić information content (AvgIpc) is 2.93. The Bertz CT molecular complexity index is 1140. The maximum Gasteiger partial charge on any atom is 0.194 e. The van der Waals surface area contributed by atoms with Gasteiger partial charge in [0, 0.05) is 17.4 Å². The van der Waals surface area contributed by atoms with E-state index in [9.17, 15) is 26.3 Å². The molecule has 0 N–H and O–H groups in total. The molecule has 4 rings (SSSR count). The van der Waals surface area contributed by atoms with Crippen LogP contribution in [0.1, 0.15) is 68.1 Å². The van der Waals surface area contributed by atoms with E-state index in [-0.39, 0.29) is 30.6 Å². The highest BCUT2D eigenvalue weighted by atomic mass is 19.2. The minimum atomic E-state index is -1.44. The minimum Gasteiger partial charge on any atom is -0.352 e. The second-order valence-electron chi connectivity index (χ2n) is 10.1. The molecular weight excluding hydrogens is 506 g/mol. The van der Waals surface area contributed by atoms with Gasteiger partial charge in [0.15, 0.2) is 35.4 Å². The van der Waals surface area contributed by atoms with Crippen LogP contribution in [0.2, 0.25) is 0 Å². The summed E-state index contributed by atoms with van der Waals surface area (Å²) in [5.41, 5.74) is 0.624. The molecule has 0 amide bonds. The van der Waals surface area contributed by atoms with Crippen molar-refractivity contribution in [2.75, 3.05) is 13.2 Å². The number of rotatable bonds is 8. The number of ether oxygens (including phenoxy) is 2. The van der Waals surface area contributed by atoms with Crippen molar-refractivity contribution < 1.29 is 35.8 Å². The Kier molecular flexibility index (Phi) is 9.71. The molecule has 1 aliphatic carbocycles. The van der Waals surface area contributed by atoms with Gasteiger partial charge in [-0.15, -0.1) is 0 Å². The number of hydrogen-bond acceptors (Lipinski definition) is 2. The monoisotopic (exact) mass is 538 g/mol. The van der Waals surface area contributed by atoms with Gasteiger partial charge < -0.3 is 9.47 Å². The first-order chi connectivity index (χ1) is 18.3. The normalized spacial score (nSPS) is 25.0. The molecule has 0 unspecified atom stereocenters. The van der Waals surface area contributed by atoms with E-state index in [1.165, 1.54) is 18.2 Å². The number of hydrogen-bond donors (Lipinski definition) is 0. The van der Waals surface area contributed by atoms with Crippen molar-refractivity contribution >= 4 is 5.83 Å². The molecule has 2 aliphatic rings. The summed E-state index contributed by atoms with van der Waals surface area (Å²) in [6.45, 7) is 2.31. The fourth-order valence-electron chi connectivity index (χ4n) is 5.27. The molecule has 1 saturated heterocycles. The molecule has 206 valence electrons. The van der Waals surface area contributed by atoms with Crippen molar-refractivity contribution in [1.82, 2.24) is 0 Å². The highest BCUT2D eigenvalue weighted by Gasteiger charge is 2.33. The Morgan fingerprint density at radius 2 is 1.55 bits per heavy atom. The Morgan fingerprint density at radius 1 is 0.895 bits per heavy atom. The van der Waals surface area contributed by atoms with Crippen LogP contribution in [-0.4, -0.2) is 19.5 Å². The van der Waals surface area contributed by atoms with Crippen LogP contribution in [-0.2, 0) is 15.9 Å². The zero-order chi connectivity index (χ0) is 27.2. The van der Waals surface area contributed by atoms with Crippen molar-refractivity contribution in [1.29, 1.82) is 0 Å². The van der Waals surface area contributed by atoms with Crippen LogP contribution < -0.4 is 0 Å². The summed E-state index contributed by atoms with van der Waals surface area (Å²) < 4.78 is 94.8. The van der Waals surface area contributed by atoms with Crippen molar-refractivity contribution in [3.05, 3.63) is 88.3 Å². The zero-order valence-electron chi connectivity index (χ0n) is 21.3. The SMILES string of the molecule is CC/C=C/C(F)=C(\F)c1ccc(C2COC(C3CCC(CCc4cc(F)c(F)c(F)c4)CC3)OC2)c(F)c1. The molecule has 0 spiro atoms. The standard InChI is InChI=1S/C30H32F6O2/c1-2-3-4-24(31)28(35)21-11-12-23(25(32)15-21)22-16-37-30(38-17-22)20-9-7-18(8-10-20)5-6-19-13-26(33)29(36)27(34)14-19/h3-4,11-15,18,20,22,30H,2,5-10,16-17H2,1H3/b4-3+,28-24+. The van der Waals surface area contributed by atoms with Gasteiger partial charge in [0.25, 0.3) is 0 Å². The summed E-state index contributed by atoms with van der Waals surface area (Å²) in [5.74, 6) is -6.33. The lowest BCUT2D eigenvalue weighted by molar-refractivity contribution is -0.218. The third-order valence-electron chi connectivity index (χ3n) is 7.49. The van der Waals surface area contributed by atoms with E-state index >= 15 is 0 Å². The average molecular weight is 539 g/mol. The maximum atomic E-state index is 14.8. The van der Waals surface area contributed by atoms with Crippen LogP contribution in [0, 0.1) is 35.1 Å². The number of aryl methyl sites for hydroxylation is 1. The van der Waals surface area contributed by atoms with Gasteiger partial charge in [-0.25, -0.2) is 26.3 Å². The number of allylic oxidation sites excluding steroid dienone is 3. The van der Waals surface area contributed by atoms with Gasteiger partial charge in [-0.1, -0.05) is 25.1 Å². The summed E-state index contributed by atoms with van der Waals surface area (Å²) in [6.07, 6.45) is 7.50. The molecule has 0 bridgehead atoms. The third-order valence-corrected chi connectivity index (χ3v) is 7.49. The second kappa shape index (κ2) is 13.0. The quantitative estimate of drug-likeness (QED) is 0.190. The summed E-state index contributed by atoms with van der Waals surface area (Å²) in [6, 6.07) is 5.90. The van der Waals surface area contributed by atoms with Gasteiger partial charge in [-0.3, -0.25) is 0 Å². The minimum absolute atomic E-state index is 0.161. The second-order valence-corrected chi connectivity index (χ2v) is 10.1. The van der Waals surface area contributed by atoms with Gasteiger partial charge in [0.05, 0.1) is 13.2 Å². The first-order valence-electron chi connectivity index (χ1n) is 13.1. The highest BCUT2D eigenvalue weighted by Crippen LogP contribution is 2.37. The van der Waals surface area contributed by atoms with Crippen LogP contribution in [0.3, 0.4) is 0 Å². The van der Waals surface area contributed by atoms with Crippen molar-refractivity contribution in [2.24, 2.45) is 11.8 Å². The Morgan fingerprint density at radius 3 is 2.16 bits per heavy atom. The van der Waals surface area contributed by atoms with E-state index < -0.39 is 41.2 Å². The largest absolute Gasteiger partial charge is 0.352 e. The molecule has 1 aliphatic heterocycles. The van der Waals surface area contributed by atoms with Crippen molar-refractivity contribution in [3.63, 3.8) is 0 Å². The van der Waals surface area contributed by atoms with E-state index in [0.717, 1.165) is 56.4 Å². The molecule has 8 heteroatoms. The van der Waals surface area contributed by atoms with Crippen molar-refractivity contribution in [2.45, 2.75) is 64.1 Å². The molecule has 2 aromatic carbocycles. The topological polar surface area (TPSA) is 18.5 Å². The maximum absolute atomic E-state index is 14.8. The first-order valence-corrected chi connectivity index (χ1v) is 13.1. The fourth-order valence-corrected chi connectivity index (χ4v) is 5.27. The van der Waals surface area contributed by atoms with E-state index in [1.54, 1.807) is 6.92 Å². The van der Waals surface area contributed by atoms with E-state index in [0.29, 0.717) is 29.9 Å². The molecule has 2 aromatic rings. The molecule has 2 nitrogen and oxygen atoms in total. The summed E-state index contributed by atoms with van der Waals surface area (Å²) in [4.78, 5) is 0. The molecule has 0 radical (unpaired) electrons. The summed E-state index contributed by atoms with van der Waals surface area (Å²) in [5, 5.41) is 0. The lowest BCUT2D eigenvalue weighted by Crippen LogP contribution is -2.38. The number of halogens is 6. The van der Waals surface area contributed by atoms with Gasteiger partial charge in [-0.2, -0.15) is 0 Å². The van der Waals surface area contributed by atoms with Gasteiger partial charge in [-0.05, 0) is 86.3 Å². The van der Waals surface area contributed by atoms with Crippen molar-refractivity contribution in [3.8, 4) is 0 Å². The molecule has 1 heterocycles. The predicted octanol–water partition coefficient (Wildman–Crippen LogP) is 8.71. The van der Waals surface area contributed by atoms with E-state index in [2.05, 4.69) is 0 Å². The van der Waals surface area contributed by atoms with E-state index in [4.69, 9.17) is 9.47 Å². The van der Waals surface area contributed by atoms with Crippen LogP contribution >= 0.6 is 0 Å². The van der Waals surface area contributed by atoms with Gasteiger partial charge in [0.1, 0.15) is 5.82 Å². The number of benzene rings is 2. The van der Waals surface area contributed by atoms with Crippen LogP contribution in [0.15, 0.2) is 48.3 Å². The molecule has 1 saturated carbocycles.